The molecule has 0 fully saturated rings. The van der Waals surface area contributed by atoms with E-state index in [0.717, 1.165) is 25.3 Å². The summed E-state index contributed by atoms with van der Waals surface area (Å²) >= 11 is 0. The van der Waals surface area contributed by atoms with E-state index in [-0.39, 0.29) is 5.91 Å². The fraction of sp³-hybridized carbons (Fsp3) is 0.933. The molecule has 1 N–H and O–H groups in total. The lowest BCUT2D eigenvalue weighted by Gasteiger charge is -2.06. The second kappa shape index (κ2) is 11.9. The molecule has 0 aromatic heterocycles. The molecular weight excluding hydrogens is 210 g/mol. The first kappa shape index (κ1) is 16.5. The first-order chi connectivity index (χ1) is 8.16. The molecule has 0 atom stereocenters. The van der Waals surface area contributed by atoms with Crippen LogP contribution < -0.4 is 5.32 Å². The van der Waals surface area contributed by atoms with E-state index in [1.165, 1.54) is 38.5 Å². The molecule has 0 rings (SSSR count). The Hall–Kier alpha value is -0.530. The second-order valence-electron chi connectivity index (χ2n) is 5.40. The van der Waals surface area contributed by atoms with Crippen LogP contribution in [0.2, 0.25) is 0 Å². The molecular formula is C15H31NO. The highest BCUT2D eigenvalue weighted by Crippen LogP contribution is 2.07. The lowest BCUT2D eigenvalue weighted by Crippen LogP contribution is -2.23. The van der Waals surface area contributed by atoms with Crippen molar-refractivity contribution < 1.29 is 4.79 Å². The van der Waals surface area contributed by atoms with E-state index in [4.69, 9.17) is 0 Å². The van der Waals surface area contributed by atoms with Gasteiger partial charge in [0.2, 0.25) is 5.91 Å². The van der Waals surface area contributed by atoms with E-state index in [1.807, 2.05) is 0 Å². The second-order valence-corrected chi connectivity index (χ2v) is 5.40. The van der Waals surface area contributed by atoms with Gasteiger partial charge in [-0.05, 0) is 18.8 Å². The molecule has 0 bridgehead atoms. The Morgan fingerprint density at radius 1 is 1.00 bits per heavy atom. The van der Waals surface area contributed by atoms with E-state index >= 15 is 0 Å². The predicted octanol–water partition coefficient (Wildman–Crippen LogP) is 4.29. The molecule has 102 valence electrons. The third kappa shape index (κ3) is 13.4. The SMILES string of the molecule is CCCCCCC(=O)NCCCCCC(C)C. The minimum Gasteiger partial charge on any atom is -0.356 e. The van der Waals surface area contributed by atoms with Gasteiger partial charge < -0.3 is 5.32 Å². The number of hydrogen-bond donors (Lipinski definition) is 1. The van der Waals surface area contributed by atoms with E-state index < -0.39 is 0 Å². The van der Waals surface area contributed by atoms with Crippen LogP contribution in [0.25, 0.3) is 0 Å². The molecule has 0 aromatic carbocycles. The molecule has 0 saturated carbocycles. The fourth-order valence-corrected chi connectivity index (χ4v) is 1.88. The molecule has 0 aliphatic heterocycles. The zero-order valence-corrected chi connectivity index (χ0v) is 12.1. The van der Waals surface area contributed by atoms with Crippen molar-refractivity contribution in [2.45, 2.75) is 78.6 Å². The van der Waals surface area contributed by atoms with E-state index in [2.05, 4.69) is 26.1 Å². The Morgan fingerprint density at radius 3 is 2.35 bits per heavy atom. The Kier molecular flexibility index (Phi) is 11.6. The Labute approximate surface area is 108 Å². The van der Waals surface area contributed by atoms with Gasteiger partial charge in [0.1, 0.15) is 0 Å². The minimum absolute atomic E-state index is 0.241. The molecule has 2 heteroatoms. The lowest BCUT2D eigenvalue weighted by molar-refractivity contribution is -0.121. The standard InChI is InChI=1S/C15H31NO/c1-4-5-6-9-12-15(17)16-13-10-7-8-11-14(2)3/h14H,4-13H2,1-3H3,(H,16,17). The number of hydrogen-bond acceptors (Lipinski definition) is 1. The summed E-state index contributed by atoms with van der Waals surface area (Å²) in [6.07, 6.45) is 10.4. The molecule has 0 radical (unpaired) electrons. The number of carbonyl (C=O) groups is 1. The van der Waals surface area contributed by atoms with Gasteiger partial charge in [-0.3, -0.25) is 4.79 Å². The van der Waals surface area contributed by atoms with Crippen molar-refractivity contribution in [3.05, 3.63) is 0 Å². The van der Waals surface area contributed by atoms with Crippen molar-refractivity contribution in [2.24, 2.45) is 5.92 Å². The number of nitrogens with one attached hydrogen (secondary N) is 1. The smallest absolute Gasteiger partial charge is 0.219 e. The van der Waals surface area contributed by atoms with Crippen molar-refractivity contribution in [3.8, 4) is 0 Å². The predicted molar refractivity (Wildman–Crippen MR) is 75.1 cm³/mol. The van der Waals surface area contributed by atoms with Crippen molar-refractivity contribution >= 4 is 5.91 Å². The van der Waals surface area contributed by atoms with Gasteiger partial charge in [0.25, 0.3) is 0 Å². The maximum Gasteiger partial charge on any atom is 0.219 e. The zero-order valence-electron chi connectivity index (χ0n) is 12.1. The van der Waals surface area contributed by atoms with Crippen LogP contribution >= 0.6 is 0 Å². The summed E-state index contributed by atoms with van der Waals surface area (Å²) in [4.78, 5) is 11.4. The monoisotopic (exact) mass is 241 g/mol. The van der Waals surface area contributed by atoms with Crippen LogP contribution in [0.5, 0.6) is 0 Å². The summed E-state index contributed by atoms with van der Waals surface area (Å²) in [5.41, 5.74) is 0. The summed E-state index contributed by atoms with van der Waals surface area (Å²) in [5, 5.41) is 3.01. The quantitative estimate of drug-likeness (QED) is 0.537. The van der Waals surface area contributed by atoms with E-state index in [9.17, 15) is 4.79 Å². The Bertz CT molecular complexity index is 178. The zero-order chi connectivity index (χ0) is 12.9. The molecule has 1 amide bonds. The van der Waals surface area contributed by atoms with Gasteiger partial charge in [0.05, 0.1) is 0 Å². The molecule has 17 heavy (non-hydrogen) atoms. The molecule has 0 spiro atoms. The highest BCUT2D eigenvalue weighted by atomic mass is 16.1. The van der Waals surface area contributed by atoms with Crippen molar-refractivity contribution in [1.82, 2.24) is 5.32 Å². The Balaban J connectivity index is 3.16. The summed E-state index contributed by atoms with van der Waals surface area (Å²) < 4.78 is 0. The normalized spacial score (nSPS) is 10.8. The molecule has 0 saturated heterocycles. The first-order valence-corrected chi connectivity index (χ1v) is 7.43. The minimum atomic E-state index is 0.241. The number of carbonyl (C=O) groups excluding carboxylic acids is 1. The lowest BCUT2D eigenvalue weighted by atomic mass is 10.1. The van der Waals surface area contributed by atoms with Crippen LogP contribution in [0.1, 0.15) is 78.6 Å². The van der Waals surface area contributed by atoms with Crippen molar-refractivity contribution in [2.75, 3.05) is 6.54 Å². The average Bonchev–Trinajstić information content (AvgIpc) is 2.29. The fourth-order valence-electron chi connectivity index (χ4n) is 1.88. The highest BCUT2D eigenvalue weighted by molar-refractivity contribution is 5.75. The van der Waals surface area contributed by atoms with E-state index in [0.29, 0.717) is 6.42 Å². The highest BCUT2D eigenvalue weighted by Gasteiger charge is 2.00. The van der Waals surface area contributed by atoms with Gasteiger partial charge >= 0.3 is 0 Å². The third-order valence-electron chi connectivity index (χ3n) is 3.04. The van der Waals surface area contributed by atoms with Gasteiger partial charge in [-0.2, -0.15) is 0 Å². The maximum atomic E-state index is 11.4. The van der Waals surface area contributed by atoms with Crippen LogP contribution in [0.4, 0.5) is 0 Å². The van der Waals surface area contributed by atoms with Crippen LogP contribution in [0.3, 0.4) is 0 Å². The summed E-state index contributed by atoms with van der Waals surface area (Å²) in [6, 6.07) is 0. The Morgan fingerprint density at radius 2 is 1.71 bits per heavy atom. The van der Waals surface area contributed by atoms with Crippen LogP contribution in [-0.4, -0.2) is 12.5 Å². The molecule has 0 heterocycles. The average molecular weight is 241 g/mol. The van der Waals surface area contributed by atoms with E-state index in [1.54, 1.807) is 0 Å². The maximum absolute atomic E-state index is 11.4. The number of amides is 1. The van der Waals surface area contributed by atoms with Gasteiger partial charge in [0.15, 0.2) is 0 Å². The third-order valence-corrected chi connectivity index (χ3v) is 3.04. The molecule has 0 aliphatic carbocycles. The molecule has 2 nitrogen and oxygen atoms in total. The number of unbranched alkanes of at least 4 members (excludes halogenated alkanes) is 5. The molecule has 0 unspecified atom stereocenters. The molecule has 0 aromatic rings. The van der Waals surface area contributed by atoms with Gasteiger partial charge in [-0.15, -0.1) is 0 Å². The first-order valence-electron chi connectivity index (χ1n) is 7.43. The van der Waals surface area contributed by atoms with Gasteiger partial charge in [0, 0.05) is 13.0 Å². The van der Waals surface area contributed by atoms with Gasteiger partial charge in [-0.1, -0.05) is 59.3 Å². The number of rotatable bonds is 11. The summed E-state index contributed by atoms with van der Waals surface area (Å²) in [7, 11) is 0. The largest absolute Gasteiger partial charge is 0.356 e. The van der Waals surface area contributed by atoms with Crippen LogP contribution in [-0.2, 0) is 4.79 Å². The van der Waals surface area contributed by atoms with Crippen molar-refractivity contribution in [3.63, 3.8) is 0 Å². The molecule has 0 aliphatic rings. The van der Waals surface area contributed by atoms with Crippen molar-refractivity contribution in [1.29, 1.82) is 0 Å². The summed E-state index contributed by atoms with van der Waals surface area (Å²) in [6.45, 7) is 7.58. The van der Waals surface area contributed by atoms with Gasteiger partial charge in [-0.25, -0.2) is 0 Å². The topological polar surface area (TPSA) is 29.1 Å². The van der Waals surface area contributed by atoms with Crippen LogP contribution in [0.15, 0.2) is 0 Å². The van der Waals surface area contributed by atoms with Crippen LogP contribution in [0, 0.1) is 5.92 Å². The summed E-state index contributed by atoms with van der Waals surface area (Å²) in [5.74, 6) is 1.05.